The Balaban J connectivity index is 2.12. The maximum absolute atomic E-state index is 10.6. The van der Waals surface area contributed by atoms with E-state index in [0.717, 1.165) is 35.9 Å². The zero-order chi connectivity index (χ0) is 21.9. The van der Waals surface area contributed by atoms with Gasteiger partial charge < -0.3 is 14.9 Å². The highest BCUT2D eigenvalue weighted by Gasteiger charge is 2.30. The lowest BCUT2D eigenvalue weighted by Crippen LogP contribution is -2.47. The van der Waals surface area contributed by atoms with Crippen molar-refractivity contribution in [2.24, 2.45) is 4.99 Å². The minimum atomic E-state index is -0.696. The molecule has 0 amide bonds. The van der Waals surface area contributed by atoms with Gasteiger partial charge in [0, 0.05) is 25.2 Å². The summed E-state index contributed by atoms with van der Waals surface area (Å²) in [6.07, 6.45) is 15.7. The van der Waals surface area contributed by atoms with E-state index < -0.39 is 6.23 Å². The van der Waals surface area contributed by atoms with Gasteiger partial charge in [0.15, 0.2) is 0 Å². The fraction of sp³-hybridized carbons (Fsp3) is 0.680. The van der Waals surface area contributed by atoms with Gasteiger partial charge in [-0.1, -0.05) is 58.4 Å². The standard InChI is InChI=1S/C25H40N4O/c1-5-7-9-11-15-28(16-12-10-8-6-2)24-14-13-23(18-22(24)19-26)29-21(4)27-20(3)17-25(29)30/h13-14,17,23,25,30H,5-12,15-16,18H2,1-4H3. The molecule has 2 rings (SSSR count). The van der Waals surface area contributed by atoms with E-state index >= 15 is 0 Å². The van der Waals surface area contributed by atoms with Gasteiger partial charge in [-0.2, -0.15) is 5.26 Å². The fourth-order valence-corrected chi connectivity index (χ4v) is 4.36. The van der Waals surface area contributed by atoms with E-state index in [1.807, 2.05) is 18.7 Å². The lowest BCUT2D eigenvalue weighted by Gasteiger charge is -2.39. The number of hydrogen-bond donors (Lipinski definition) is 1. The van der Waals surface area contributed by atoms with Gasteiger partial charge in [0.2, 0.25) is 0 Å². The molecule has 0 fully saturated rings. The van der Waals surface area contributed by atoms with E-state index in [0.29, 0.717) is 6.42 Å². The first-order valence-corrected chi connectivity index (χ1v) is 11.8. The van der Waals surface area contributed by atoms with Crippen LogP contribution in [-0.4, -0.2) is 46.1 Å². The minimum Gasteiger partial charge on any atom is -0.371 e. The van der Waals surface area contributed by atoms with Crippen LogP contribution in [-0.2, 0) is 0 Å². The Hall–Kier alpha value is -2.06. The smallest absolute Gasteiger partial charge is 0.149 e. The number of amidine groups is 1. The Kier molecular flexibility index (Phi) is 10.2. The number of nitrogens with zero attached hydrogens (tertiary/aromatic N) is 4. The fourth-order valence-electron chi connectivity index (χ4n) is 4.36. The largest absolute Gasteiger partial charge is 0.371 e. The summed E-state index contributed by atoms with van der Waals surface area (Å²) < 4.78 is 0. The summed E-state index contributed by atoms with van der Waals surface area (Å²) in [4.78, 5) is 8.84. The monoisotopic (exact) mass is 412 g/mol. The molecule has 166 valence electrons. The molecule has 5 nitrogen and oxygen atoms in total. The third-order valence-corrected chi connectivity index (χ3v) is 5.98. The van der Waals surface area contributed by atoms with Crippen LogP contribution in [0.4, 0.5) is 0 Å². The maximum atomic E-state index is 10.6. The topological polar surface area (TPSA) is 62.9 Å². The van der Waals surface area contributed by atoms with Crippen molar-refractivity contribution in [3.8, 4) is 6.07 Å². The van der Waals surface area contributed by atoms with Gasteiger partial charge in [0.1, 0.15) is 12.1 Å². The van der Waals surface area contributed by atoms with E-state index in [4.69, 9.17) is 0 Å². The van der Waals surface area contributed by atoms with E-state index in [1.54, 1.807) is 6.08 Å². The summed E-state index contributed by atoms with van der Waals surface area (Å²) in [6.45, 7) is 10.3. The molecule has 1 aliphatic carbocycles. The molecular formula is C25H40N4O. The van der Waals surface area contributed by atoms with Crippen LogP contribution in [0.25, 0.3) is 0 Å². The van der Waals surface area contributed by atoms with Crippen LogP contribution in [0.1, 0.15) is 85.5 Å². The maximum Gasteiger partial charge on any atom is 0.149 e. The first-order valence-electron chi connectivity index (χ1n) is 11.8. The average Bonchev–Trinajstić information content (AvgIpc) is 2.72. The van der Waals surface area contributed by atoms with Crippen molar-refractivity contribution in [3.05, 3.63) is 35.2 Å². The molecule has 1 aliphatic heterocycles. The molecule has 30 heavy (non-hydrogen) atoms. The number of aliphatic hydroxyl groups excluding tert-OH is 1. The molecule has 2 unspecified atom stereocenters. The molecule has 0 aromatic rings. The lowest BCUT2D eigenvalue weighted by molar-refractivity contribution is 0.0746. The van der Waals surface area contributed by atoms with Crippen molar-refractivity contribution in [2.45, 2.75) is 97.8 Å². The highest BCUT2D eigenvalue weighted by atomic mass is 16.3. The molecule has 0 saturated carbocycles. The molecule has 0 radical (unpaired) electrons. The predicted molar refractivity (Wildman–Crippen MR) is 125 cm³/mol. The van der Waals surface area contributed by atoms with Gasteiger partial charge in [0.05, 0.1) is 23.4 Å². The van der Waals surface area contributed by atoms with Crippen molar-refractivity contribution < 1.29 is 5.11 Å². The second-order valence-electron chi connectivity index (χ2n) is 8.50. The number of unbranched alkanes of at least 4 members (excludes halogenated alkanes) is 6. The normalized spacial score (nSPS) is 21.4. The Morgan fingerprint density at radius 1 is 1.10 bits per heavy atom. The number of rotatable bonds is 12. The molecular weight excluding hydrogens is 372 g/mol. The molecule has 0 bridgehead atoms. The summed E-state index contributed by atoms with van der Waals surface area (Å²) in [7, 11) is 0. The Bertz CT molecular complexity index is 701. The van der Waals surface area contributed by atoms with Crippen molar-refractivity contribution in [1.82, 2.24) is 9.80 Å². The molecule has 5 heteroatoms. The molecule has 0 saturated heterocycles. The van der Waals surface area contributed by atoms with Gasteiger partial charge in [-0.05, 0) is 38.8 Å². The molecule has 2 atom stereocenters. The predicted octanol–water partition coefficient (Wildman–Crippen LogP) is 5.51. The minimum absolute atomic E-state index is 0.0477. The quantitative estimate of drug-likeness (QED) is 0.429. The number of aliphatic hydroxyl groups is 1. The zero-order valence-corrected chi connectivity index (χ0v) is 19.4. The zero-order valence-electron chi connectivity index (χ0n) is 19.4. The van der Waals surface area contributed by atoms with E-state index in [9.17, 15) is 10.4 Å². The van der Waals surface area contributed by atoms with Gasteiger partial charge in [-0.15, -0.1) is 0 Å². The number of aliphatic imine (C=N–C) groups is 1. The summed E-state index contributed by atoms with van der Waals surface area (Å²) >= 11 is 0. The van der Waals surface area contributed by atoms with Crippen LogP contribution in [0.15, 0.2) is 40.2 Å². The summed E-state index contributed by atoms with van der Waals surface area (Å²) in [6, 6.07) is 2.42. The van der Waals surface area contributed by atoms with Crippen molar-refractivity contribution >= 4 is 5.84 Å². The van der Waals surface area contributed by atoms with Crippen LogP contribution < -0.4 is 0 Å². The third-order valence-electron chi connectivity index (χ3n) is 5.98. The molecule has 1 N–H and O–H groups in total. The van der Waals surface area contributed by atoms with Crippen molar-refractivity contribution in [3.63, 3.8) is 0 Å². The Labute approximate surface area is 183 Å². The Morgan fingerprint density at radius 3 is 2.27 bits per heavy atom. The highest BCUT2D eigenvalue weighted by Crippen LogP contribution is 2.28. The first-order chi connectivity index (χ1) is 14.5. The van der Waals surface area contributed by atoms with Gasteiger partial charge >= 0.3 is 0 Å². The SMILES string of the molecule is CCCCCCN(CCCCCC)C1=C(C#N)CC(N2C(C)=NC(C)=CC2O)C=C1. The summed E-state index contributed by atoms with van der Waals surface area (Å²) in [5, 5.41) is 20.5. The molecule has 0 aromatic carbocycles. The van der Waals surface area contributed by atoms with Crippen LogP contribution in [0.5, 0.6) is 0 Å². The van der Waals surface area contributed by atoms with E-state index in [2.05, 4.69) is 42.0 Å². The highest BCUT2D eigenvalue weighted by molar-refractivity contribution is 5.82. The van der Waals surface area contributed by atoms with Crippen LogP contribution in [0, 0.1) is 11.3 Å². The number of nitriles is 1. The van der Waals surface area contributed by atoms with Gasteiger partial charge in [0.25, 0.3) is 0 Å². The van der Waals surface area contributed by atoms with Gasteiger partial charge in [-0.3, -0.25) is 0 Å². The van der Waals surface area contributed by atoms with Crippen molar-refractivity contribution in [2.75, 3.05) is 13.1 Å². The van der Waals surface area contributed by atoms with Gasteiger partial charge in [-0.25, -0.2) is 4.99 Å². The lowest BCUT2D eigenvalue weighted by atomic mass is 9.95. The average molecular weight is 413 g/mol. The second-order valence-corrected chi connectivity index (χ2v) is 8.50. The van der Waals surface area contributed by atoms with E-state index in [-0.39, 0.29) is 6.04 Å². The van der Waals surface area contributed by atoms with Crippen LogP contribution in [0.2, 0.25) is 0 Å². The summed E-state index contributed by atoms with van der Waals surface area (Å²) in [5.41, 5.74) is 2.73. The number of hydrogen-bond acceptors (Lipinski definition) is 5. The third kappa shape index (κ3) is 6.74. The molecule has 0 aromatic heterocycles. The molecule has 0 spiro atoms. The second kappa shape index (κ2) is 12.6. The summed E-state index contributed by atoms with van der Waals surface area (Å²) in [5.74, 6) is 0.800. The first kappa shape index (κ1) is 24.2. The van der Waals surface area contributed by atoms with Crippen LogP contribution >= 0.6 is 0 Å². The number of allylic oxidation sites excluding steroid dienone is 2. The van der Waals surface area contributed by atoms with Crippen LogP contribution in [0.3, 0.4) is 0 Å². The molecule has 2 aliphatic rings. The molecule has 1 heterocycles. The van der Waals surface area contributed by atoms with Crippen molar-refractivity contribution in [1.29, 1.82) is 5.26 Å². The van der Waals surface area contributed by atoms with E-state index in [1.165, 1.54) is 51.4 Å². The Morgan fingerprint density at radius 2 is 1.73 bits per heavy atom.